The van der Waals surface area contributed by atoms with E-state index in [1.165, 1.54) is 0 Å². The quantitative estimate of drug-likeness (QED) is 0.597. The first-order valence-electron chi connectivity index (χ1n) is 8.18. The summed E-state index contributed by atoms with van der Waals surface area (Å²) >= 11 is 0. The second kappa shape index (κ2) is 5.13. The van der Waals surface area contributed by atoms with Gasteiger partial charge in [0.2, 0.25) is 5.95 Å². The topological polar surface area (TPSA) is 93.3 Å². The molecule has 1 unspecified atom stereocenters. The molecule has 5 heterocycles. The van der Waals surface area contributed by atoms with E-state index in [0.717, 1.165) is 41.2 Å². The zero-order chi connectivity index (χ0) is 17.0. The van der Waals surface area contributed by atoms with E-state index < -0.39 is 0 Å². The molecular formula is C16H17N9. The number of imidazole rings is 1. The molecule has 9 heteroatoms. The van der Waals surface area contributed by atoms with Gasteiger partial charge in [0.25, 0.3) is 0 Å². The van der Waals surface area contributed by atoms with Gasteiger partial charge in [0.15, 0.2) is 0 Å². The average molecular weight is 335 g/mol. The van der Waals surface area contributed by atoms with Crippen LogP contribution in [0.3, 0.4) is 0 Å². The highest BCUT2D eigenvalue weighted by molar-refractivity contribution is 5.89. The van der Waals surface area contributed by atoms with Gasteiger partial charge < -0.3 is 9.47 Å². The van der Waals surface area contributed by atoms with Crippen LogP contribution in [0.5, 0.6) is 0 Å². The van der Waals surface area contributed by atoms with Gasteiger partial charge >= 0.3 is 0 Å². The lowest BCUT2D eigenvalue weighted by Crippen LogP contribution is -2.38. The molecule has 0 radical (unpaired) electrons. The Labute approximate surface area is 143 Å². The van der Waals surface area contributed by atoms with Crippen molar-refractivity contribution < 1.29 is 0 Å². The van der Waals surface area contributed by atoms with Crippen molar-refractivity contribution in [1.29, 1.82) is 0 Å². The van der Waals surface area contributed by atoms with Gasteiger partial charge in [-0.25, -0.2) is 15.0 Å². The molecule has 126 valence electrons. The summed E-state index contributed by atoms with van der Waals surface area (Å²) in [6.07, 6.45) is 9.37. The lowest BCUT2D eigenvalue weighted by atomic mass is 10.2. The molecule has 25 heavy (non-hydrogen) atoms. The van der Waals surface area contributed by atoms with Gasteiger partial charge in [-0.2, -0.15) is 10.2 Å². The summed E-state index contributed by atoms with van der Waals surface area (Å²) in [5.41, 5.74) is 3.34. The van der Waals surface area contributed by atoms with Crippen molar-refractivity contribution >= 4 is 17.0 Å². The smallest absolute Gasteiger partial charge is 0.226 e. The molecule has 4 aromatic rings. The van der Waals surface area contributed by atoms with Crippen LogP contribution in [-0.4, -0.2) is 46.0 Å². The second-order valence-electron chi connectivity index (χ2n) is 6.26. The summed E-state index contributed by atoms with van der Waals surface area (Å²) in [5.74, 6) is 1.73. The van der Waals surface area contributed by atoms with Crippen LogP contribution in [0, 0.1) is 0 Å². The van der Waals surface area contributed by atoms with E-state index in [0.29, 0.717) is 5.95 Å². The summed E-state index contributed by atoms with van der Waals surface area (Å²) in [5, 5.41) is 11.6. The molecular weight excluding hydrogens is 318 g/mol. The third-order valence-electron chi connectivity index (χ3n) is 4.69. The molecule has 0 spiro atoms. The lowest BCUT2D eigenvalue weighted by Gasteiger charge is -2.33. The summed E-state index contributed by atoms with van der Waals surface area (Å²) < 4.78 is 3.93. The first kappa shape index (κ1) is 14.1. The maximum atomic E-state index is 4.80. The number of hydrogen-bond donors (Lipinski definition) is 1. The van der Waals surface area contributed by atoms with Gasteiger partial charge in [-0.3, -0.25) is 9.78 Å². The summed E-state index contributed by atoms with van der Waals surface area (Å²) in [6, 6.07) is 0.120. The molecule has 0 aliphatic carbocycles. The minimum atomic E-state index is 0.120. The molecule has 1 aliphatic rings. The number of anilines is 1. The number of H-pyrrole nitrogens is 1. The largest absolute Gasteiger partial charge is 0.331 e. The molecule has 0 amide bonds. The van der Waals surface area contributed by atoms with E-state index in [-0.39, 0.29) is 6.04 Å². The Morgan fingerprint density at radius 3 is 2.96 bits per heavy atom. The fraction of sp³-hybridized carbons (Fsp3) is 0.312. The van der Waals surface area contributed by atoms with Crippen LogP contribution in [-0.2, 0) is 13.6 Å². The van der Waals surface area contributed by atoms with Crippen molar-refractivity contribution in [3.63, 3.8) is 0 Å². The molecule has 0 bridgehead atoms. The van der Waals surface area contributed by atoms with Crippen LogP contribution in [0.4, 0.5) is 5.95 Å². The molecule has 5 rings (SSSR count). The predicted octanol–water partition coefficient (Wildman–Crippen LogP) is 1.53. The number of aromatic nitrogens is 8. The third kappa shape index (κ3) is 2.12. The van der Waals surface area contributed by atoms with Gasteiger partial charge in [0, 0.05) is 44.3 Å². The maximum Gasteiger partial charge on any atom is 0.226 e. The van der Waals surface area contributed by atoms with Crippen LogP contribution < -0.4 is 4.90 Å². The number of nitrogens with one attached hydrogen (secondary N) is 1. The van der Waals surface area contributed by atoms with Gasteiger partial charge in [-0.1, -0.05) is 0 Å². The minimum Gasteiger partial charge on any atom is -0.331 e. The molecule has 1 N–H and O–H groups in total. The van der Waals surface area contributed by atoms with Crippen molar-refractivity contribution in [2.24, 2.45) is 7.05 Å². The van der Waals surface area contributed by atoms with Crippen LogP contribution >= 0.6 is 0 Å². The van der Waals surface area contributed by atoms with Gasteiger partial charge in [0.05, 0.1) is 18.4 Å². The summed E-state index contributed by atoms with van der Waals surface area (Å²) in [7, 11) is 1.89. The number of nitrogens with zero attached hydrogens (tertiary/aromatic N) is 8. The predicted molar refractivity (Wildman–Crippen MR) is 91.9 cm³/mol. The fourth-order valence-corrected chi connectivity index (χ4v) is 3.39. The molecule has 0 saturated carbocycles. The number of aryl methyl sites for hydroxylation is 1. The van der Waals surface area contributed by atoms with E-state index >= 15 is 0 Å². The molecule has 1 atom stereocenters. The van der Waals surface area contributed by atoms with E-state index in [2.05, 4.69) is 41.7 Å². The molecule has 0 saturated heterocycles. The molecule has 9 nitrogen and oxygen atoms in total. The Morgan fingerprint density at radius 2 is 2.12 bits per heavy atom. The number of fused-ring (bicyclic) bond motifs is 2. The molecule has 1 aliphatic heterocycles. The van der Waals surface area contributed by atoms with E-state index in [9.17, 15) is 0 Å². The van der Waals surface area contributed by atoms with Gasteiger partial charge in [-0.15, -0.1) is 0 Å². The van der Waals surface area contributed by atoms with Crippen molar-refractivity contribution in [3.8, 4) is 11.3 Å². The van der Waals surface area contributed by atoms with Gasteiger partial charge in [0.1, 0.15) is 22.6 Å². The monoisotopic (exact) mass is 335 g/mol. The van der Waals surface area contributed by atoms with Gasteiger partial charge in [-0.05, 0) is 6.92 Å². The Bertz CT molecular complexity index is 1060. The SMILES string of the molecule is CC1c2nccn2CCN1c1ncc2[nH]nc(-c3cnn(C)c3)c2n1. The van der Waals surface area contributed by atoms with E-state index in [1.54, 1.807) is 17.1 Å². The zero-order valence-corrected chi connectivity index (χ0v) is 14.0. The van der Waals surface area contributed by atoms with Crippen LogP contribution in [0.1, 0.15) is 18.8 Å². The Kier molecular flexibility index (Phi) is 2.90. The third-order valence-corrected chi connectivity index (χ3v) is 4.69. The highest BCUT2D eigenvalue weighted by Crippen LogP contribution is 2.30. The standard InChI is InChI=1S/C16H17N9/c1-10-15-17-3-4-24(15)5-6-25(10)16-18-8-12-14(20-16)13(22-21-12)11-7-19-23(2)9-11/h3-4,7-10H,5-6H2,1-2H3,(H,21,22). The van der Waals surface area contributed by atoms with Crippen LogP contribution in [0.2, 0.25) is 0 Å². The van der Waals surface area contributed by atoms with Crippen molar-refractivity contribution in [3.05, 3.63) is 36.8 Å². The van der Waals surface area contributed by atoms with Crippen molar-refractivity contribution in [1.82, 2.24) is 39.5 Å². The van der Waals surface area contributed by atoms with E-state index in [4.69, 9.17) is 4.98 Å². The maximum absolute atomic E-state index is 4.80. The van der Waals surface area contributed by atoms with Crippen molar-refractivity contribution in [2.75, 3.05) is 11.4 Å². The normalized spacial score (nSPS) is 17.2. The zero-order valence-electron chi connectivity index (χ0n) is 14.0. The number of hydrogen-bond acceptors (Lipinski definition) is 6. The highest BCUT2D eigenvalue weighted by atomic mass is 15.3. The average Bonchev–Trinajstić information content (AvgIpc) is 3.33. The Hall–Kier alpha value is -3.23. The number of aromatic amines is 1. The summed E-state index contributed by atoms with van der Waals surface area (Å²) in [4.78, 5) is 16.0. The fourth-order valence-electron chi connectivity index (χ4n) is 3.39. The minimum absolute atomic E-state index is 0.120. The lowest BCUT2D eigenvalue weighted by molar-refractivity contribution is 0.489. The molecule has 0 aromatic carbocycles. The first-order chi connectivity index (χ1) is 12.2. The number of rotatable bonds is 2. The Morgan fingerprint density at radius 1 is 1.20 bits per heavy atom. The summed E-state index contributed by atoms with van der Waals surface area (Å²) in [6.45, 7) is 3.85. The second-order valence-corrected chi connectivity index (χ2v) is 6.26. The highest BCUT2D eigenvalue weighted by Gasteiger charge is 2.27. The first-order valence-corrected chi connectivity index (χ1v) is 8.18. The van der Waals surface area contributed by atoms with Crippen LogP contribution in [0.25, 0.3) is 22.3 Å². The Balaban J connectivity index is 1.59. The molecule has 0 fully saturated rings. The van der Waals surface area contributed by atoms with Crippen molar-refractivity contribution in [2.45, 2.75) is 19.5 Å². The van der Waals surface area contributed by atoms with Crippen LogP contribution in [0.15, 0.2) is 31.0 Å². The van der Waals surface area contributed by atoms with E-state index in [1.807, 2.05) is 25.6 Å². The molecule has 4 aromatic heterocycles.